The molecular formula is C8H6BrClN6O. The fourth-order valence-corrected chi connectivity index (χ4v) is 1.89. The summed E-state index contributed by atoms with van der Waals surface area (Å²) in [4.78, 5) is 0. The molecule has 1 aromatic carbocycles. The number of halogens is 2. The minimum atomic E-state index is 0.0491. The molecule has 9 heteroatoms. The van der Waals surface area contributed by atoms with Crippen LogP contribution in [-0.2, 0) is 0 Å². The minimum Gasteiger partial charge on any atom is -0.506 e. The summed E-state index contributed by atoms with van der Waals surface area (Å²) in [6, 6.07) is 3.16. The van der Waals surface area contributed by atoms with Crippen LogP contribution in [0.3, 0.4) is 0 Å². The average molecular weight is 318 g/mol. The van der Waals surface area contributed by atoms with Crippen molar-refractivity contribution in [3.63, 3.8) is 0 Å². The number of hydrogen-bond acceptors (Lipinski definition) is 6. The van der Waals surface area contributed by atoms with Crippen molar-refractivity contribution in [1.82, 2.24) is 20.6 Å². The van der Waals surface area contributed by atoms with Gasteiger partial charge in [0.15, 0.2) is 0 Å². The predicted octanol–water partition coefficient (Wildman–Crippen LogP) is 1.77. The Balaban J connectivity index is 2.15. The maximum atomic E-state index is 9.70. The lowest BCUT2D eigenvalue weighted by Crippen LogP contribution is -1.93. The Hall–Kier alpha value is -1.67. The van der Waals surface area contributed by atoms with Crippen LogP contribution < -0.4 is 5.43 Å². The Morgan fingerprint density at radius 1 is 1.53 bits per heavy atom. The van der Waals surface area contributed by atoms with Gasteiger partial charge in [0.25, 0.3) is 5.95 Å². The van der Waals surface area contributed by atoms with E-state index >= 15 is 0 Å². The van der Waals surface area contributed by atoms with Crippen molar-refractivity contribution in [1.29, 1.82) is 0 Å². The van der Waals surface area contributed by atoms with Crippen molar-refractivity contribution in [2.75, 3.05) is 5.43 Å². The molecule has 0 unspecified atom stereocenters. The monoisotopic (exact) mass is 316 g/mol. The Bertz CT molecular complexity index is 543. The smallest absolute Gasteiger partial charge is 0.283 e. The molecule has 88 valence electrons. The van der Waals surface area contributed by atoms with Crippen molar-refractivity contribution < 1.29 is 5.11 Å². The third-order valence-corrected chi connectivity index (χ3v) is 2.59. The number of benzene rings is 1. The summed E-state index contributed by atoms with van der Waals surface area (Å²) in [5.41, 5.74) is 2.98. The lowest BCUT2D eigenvalue weighted by atomic mass is 10.2. The van der Waals surface area contributed by atoms with Gasteiger partial charge < -0.3 is 5.11 Å². The summed E-state index contributed by atoms with van der Waals surface area (Å²) in [6.45, 7) is 0. The number of rotatable bonds is 3. The van der Waals surface area contributed by atoms with Crippen molar-refractivity contribution in [2.45, 2.75) is 0 Å². The normalized spacial score (nSPS) is 10.9. The Morgan fingerprint density at radius 3 is 3.06 bits per heavy atom. The Kier molecular flexibility index (Phi) is 3.55. The van der Waals surface area contributed by atoms with Crippen LogP contribution in [0.5, 0.6) is 5.75 Å². The van der Waals surface area contributed by atoms with E-state index in [0.29, 0.717) is 15.1 Å². The van der Waals surface area contributed by atoms with E-state index in [2.05, 4.69) is 47.1 Å². The van der Waals surface area contributed by atoms with Gasteiger partial charge in [-0.1, -0.05) is 16.7 Å². The molecule has 2 aromatic rings. The molecule has 17 heavy (non-hydrogen) atoms. The number of nitrogens with one attached hydrogen (secondary N) is 2. The summed E-state index contributed by atoms with van der Waals surface area (Å²) in [6.07, 6.45) is 1.39. The molecule has 0 aliphatic heterocycles. The molecule has 0 saturated heterocycles. The average Bonchev–Trinajstić information content (AvgIpc) is 2.78. The van der Waals surface area contributed by atoms with Gasteiger partial charge >= 0.3 is 0 Å². The number of phenolic OH excluding ortho intramolecular Hbond substituents is 1. The summed E-state index contributed by atoms with van der Waals surface area (Å²) in [5, 5.41) is 26.9. The zero-order valence-corrected chi connectivity index (χ0v) is 10.6. The van der Waals surface area contributed by atoms with Crippen molar-refractivity contribution >= 4 is 39.7 Å². The van der Waals surface area contributed by atoms with E-state index in [0.717, 1.165) is 0 Å². The molecule has 2 rings (SSSR count). The highest BCUT2D eigenvalue weighted by atomic mass is 79.9. The number of anilines is 1. The fourth-order valence-electron chi connectivity index (χ4n) is 1.05. The summed E-state index contributed by atoms with van der Waals surface area (Å²) >= 11 is 9.01. The highest BCUT2D eigenvalue weighted by molar-refractivity contribution is 9.10. The van der Waals surface area contributed by atoms with Crippen LogP contribution in [0.25, 0.3) is 0 Å². The first-order valence-electron chi connectivity index (χ1n) is 4.37. The van der Waals surface area contributed by atoms with E-state index < -0.39 is 0 Å². The van der Waals surface area contributed by atoms with Crippen LogP contribution in [-0.4, -0.2) is 31.9 Å². The Morgan fingerprint density at radius 2 is 2.35 bits per heavy atom. The second-order valence-corrected chi connectivity index (χ2v) is 4.22. The lowest BCUT2D eigenvalue weighted by molar-refractivity contribution is 0.471. The zero-order chi connectivity index (χ0) is 12.3. The van der Waals surface area contributed by atoms with E-state index in [1.807, 2.05) is 0 Å². The van der Waals surface area contributed by atoms with E-state index in [1.54, 1.807) is 12.1 Å². The minimum absolute atomic E-state index is 0.0491. The number of hydrazone groups is 1. The first-order valence-corrected chi connectivity index (χ1v) is 5.54. The molecule has 1 aromatic heterocycles. The quantitative estimate of drug-likeness (QED) is 0.592. The SMILES string of the molecule is Oc1c(Br)cc(Cl)cc1/C=N\Nc1nn[nH]n1. The molecule has 1 heterocycles. The number of aromatic hydroxyl groups is 1. The molecule has 0 bridgehead atoms. The van der Waals surface area contributed by atoms with Crippen LogP contribution in [0.2, 0.25) is 5.02 Å². The zero-order valence-electron chi connectivity index (χ0n) is 8.22. The van der Waals surface area contributed by atoms with Crippen LogP contribution in [0.1, 0.15) is 5.56 Å². The second kappa shape index (κ2) is 5.11. The van der Waals surface area contributed by atoms with E-state index in [-0.39, 0.29) is 11.7 Å². The molecule has 0 saturated carbocycles. The number of aromatic nitrogens is 4. The van der Waals surface area contributed by atoms with Gasteiger partial charge in [-0.2, -0.15) is 10.3 Å². The van der Waals surface area contributed by atoms with Gasteiger partial charge in [-0.25, -0.2) is 5.43 Å². The molecule has 7 nitrogen and oxygen atoms in total. The standard InChI is InChI=1S/C8H6BrClN6O/c9-6-2-5(10)1-4(7(6)17)3-11-12-8-13-15-16-14-8/h1-3,17H,(H2,12,13,14,15,16)/b11-3-. The van der Waals surface area contributed by atoms with Crippen molar-refractivity contribution in [3.8, 4) is 5.75 Å². The molecule has 0 atom stereocenters. The maximum absolute atomic E-state index is 9.70. The highest BCUT2D eigenvalue weighted by Crippen LogP contribution is 2.30. The van der Waals surface area contributed by atoms with Gasteiger partial charge in [-0.15, -0.1) is 5.10 Å². The fraction of sp³-hybridized carbons (Fsp3) is 0. The van der Waals surface area contributed by atoms with E-state index in [4.69, 9.17) is 11.6 Å². The molecule has 0 amide bonds. The summed E-state index contributed by atoms with van der Waals surface area (Å²) in [5.74, 6) is 0.273. The number of hydrogen-bond donors (Lipinski definition) is 3. The first kappa shape index (κ1) is 11.8. The van der Waals surface area contributed by atoms with Crippen LogP contribution in [0.4, 0.5) is 5.95 Å². The van der Waals surface area contributed by atoms with Gasteiger partial charge in [0.1, 0.15) is 5.75 Å². The van der Waals surface area contributed by atoms with Gasteiger partial charge in [-0.05, 0) is 33.3 Å². The van der Waals surface area contributed by atoms with Crippen LogP contribution in [0, 0.1) is 0 Å². The first-order chi connectivity index (χ1) is 8.16. The topological polar surface area (TPSA) is 99.1 Å². The van der Waals surface area contributed by atoms with Crippen LogP contribution in [0.15, 0.2) is 21.7 Å². The second-order valence-electron chi connectivity index (χ2n) is 2.93. The highest BCUT2D eigenvalue weighted by Gasteiger charge is 2.05. The molecule has 3 N–H and O–H groups in total. The van der Waals surface area contributed by atoms with Gasteiger partial charge in [0.2, 0.25) is 0 Å². The number of tetrazole rings is 1. The van der Waals surface area contributed by atoms with Crippen LogP contribution >= 0.6 is 27.5 Å². The maximum Gasteiger partial charge on any atom is 0.283 e. The largest absolute Gasteiger partial charge is 0.506 e. The van der Waals surface area contributed by atoms with E-state index in [9.17, 15) is 5.11 Å². The van der Waals surface area contributed by atoms with Gasteiger partial charge in [-0.3, -0.25) is 0 Å². The van der Waals surface area contributed by atoms with Crippen molar-refractivity contribution in [2.24, 2.45) is 5.10 Å². The predicted molar refractivity (Wildman–Crippen MR) is 66.2 cm³/mol. The van der Waals surface area contributed by atoms with Crippen molar-refractivity contribution in [3.05, 3.63) is 27.2 Å². The number of aromatic amines is 1. The molecule has 0 aliphatic rings. The lowest BCUT2D eigenvalue weighted by Gasteiger charge is -2.02. The summed E-state index contributed by atoms with van der Waals surface area (Å²) < 4.78 is 0.492. The third-order valence-electron chi connectivity index (χ3n) is 1.77. The number of nitrogens with zero attached hydrogens (tertiary/aromatic N) is 4. The van der Waals surface area contributed by atoms with E-state index in [1.165, 1.54) is 6.21 Å². The summed E-state index contributed by atoms with van der Waals surface area (Å²) in [7, 11) is 0. The molecule has 0 radical (unpaired) electrons. The molecule has 0 fully saturated rings. The van der Waals surface area contributed by atoms with Gasteiger partial charge in [0.05, 0.1) is 10.7 Å². The number of H-pyrrole nitrogens is 1. The number of phenols is 1. The Labute approximate surface area is 109 Å². The third kappa shape index (κ3) is 2.92. The van der Waals surface area contributed by atoms with Gasteiger partial charge in [0, 0.05) is 10.6 Å². The molecule has 0 spiro atoms. The molecular weight excluding hydrogens is 311 g/mol. The molecule has 0 aliphatic carbocycles.